The van der Waals surface area contributed by atoms with E-state index >= 15 is 0 Å². The van der Waals surface area contributed by atoms with Crippen molar-refractivity contribution >= 4 is 22.5 Å². The molecule has 6 heteroatoms. The number of anilines is 2. The zero-order valence-corrected chi connectivity index (χ0v) is 18.5. The van der Waals surface area contributed by atoms with Gasteiger partial charge in [-0.2, -0.15) is 0 Å². The van der Waals surface area contributed by atoms with Crippen LogP contribution in [0.1, 0.15) is 11.3 Å². The largest absolute Gasteiger partial charge is 0.474 e. The van der Waals surface area contributed by atoms with E-state index in [1.165, 1.54) is 0 Å². The quantitative estimate of drug-likeness (QED) is 0.437. The number of para-hydroxylation sites is 2. The molecule has 2 aromatic heterocycles. The Bertz CT molecular complexity index is 1260. The topological polar surface area (TPSA) is 54.4 Å². The van der Waals surface area contributed by atoms with Gasteiger partial charge in [-0.15, -0.1) is 0 Å². The Morgan fingerprint density at radius 2 is 1.62 bits per heavy atom. The fraction of sp³-hybridized carbons (Fsp3) is 0.192. The molecule has 0 aliphatic rings. The molecule has 4 aromatic rings. The van der Waals surface area contributed by atoms with Crippen LogP contribution in [-0.2, 0) is 0 Å². The third-order valence-electron chi connectivity index (χ3n) is 4.97. The lowest BCUT2D eigenvalue weighted by Crippen LogP contribution is -2.24. The van der Waals surface area contributed by atoms with Gasteiger partial charge < -0.3 is 14.5 Å². The molecule has 0 unspecified atom stereocenters. The number of hydrogen-bond donors (Lipinski definition) is 0. The highest BCUT2D eigenvalue weighted by molar-refractivity contribution is 5.71. The summed E-state index contributed by atoms with van der Waals surface area (Å²) in [7, 11) is 6.03. The van der Waals surface area contributed by atoms with Gasteiger partial charge in [0.05, 0.1) is 12.2 Å². The molecule has 0 spiro atoms. The number of nitrogens with zero attached hydrogens (tertiary/aromatic N) is 5. The zero-order valence-electron chi connectivity index (χ0n) is 18.5. The van der Waals surface area contributed by atoms with Gasteiger partial charge in [-0.25, -0.2) is 15.0 Å². The number of likely N-dealkylation sites (N-methyl/N-ethyl adjacent to an activating group) is 1. The first kappa shape index (κ1) is 21.1. The molecule has 4 rings (SSSR count). The molecule has 2 heterocycles. The first-order valence-electron chi connectivity index (χ1n) is 10.4. The van der Waals surface area contributed by atoms with Gasteiger partial charge >= 0.3 is 0 Å². The second kappa shape index (κ2) is 9.80. The van der Waals surface area contributed by atoms with Crippen LogP contribution in [0.2, 0.25) is 0 Å². The number of benzene rings is 2. The molecular weight excluding hydrogens is 398 g/mol. The van der Waals surface area contributed by atoms with E-state index in [0.717, 1.165) is 16.9 Å². The summed E-state index contributed by atoms with van der Waals surface area (Å²) < 4.78 is 6.05. The summed E-state index contributed by atoms with van der Waals surface area (Å²) in [5.74, 6) is 6.80. The summed E-state index contributed by atoms with van der Waals surface area (Å²) in [6.07, 6.45) is 1.70. The van der Waals surface area contributed by atoms with Crippen LogP contribution in [0.5, 0.6) is 5.88 Å². The summed E-state index contributed by atoms with van der Waals surface area (Å²) in [5, 5.41) is 0. The van der Waals surface area contributed by atoms with Crippen LogP contribution in [0.15, 0.2) is 72.9 Å². The Hall–Kier alpha value is -4.11. The molecule has 2 aromatic carbocycles. The Labute approximate surface area is 188 Å². The van der Waals surface area contributed by atoms with Crippen LogP contribution >= 0.6 is 0 Å². The molecule has 160 valence electrons. The fourth-order valence-corrected chi connectivity index (χ4v) is 3.25. The van der Waals surface area contributed by atoms with Crippen LogP contribution in [-0.4, -0.2) is 49.2 Å². The highest BCUT2D eigenvalue weighted by atomic mass is 16.5. The Morgan fingerprint density at radius 3 is 2.44 bits per heavy atom. The third-order valence-corrected chi connectivity index (χ3v) is 4.97. The second-order valence-electron chi connectivity index (χ2n) is 7.49. The summed E-state index contributed by atoms with van der Waals surface area (Å²) in [5.41, 5.74) is 4.79. The molecule has 0 aliphatic carbocycles. The van der Waals surface area contributed by atoms with Crippen LogP contribution in [0.3, 0.4) is 0 Å². The summed E-state index contributed by atoms with van der Waals surface area (Å²) in [4.78, 5) is 17.7. The number of ether oxygens (including phenoxy) is 1. The highest BCUT2D eigenvalue weighted by Crippen LogP contribution is 2.20. The average Bonchev–Trinajstić information content (AvgIpc) is 2.83. The van der Waals surface area contributed by atoms with Gasteiger partial charge in [-0.1, -0.05) is 36.3 Å². The molecule has 0 atom stereocenters. The van der Waals surface area contributed by atoms with Crippen molar-refractivity contribution in [2.45, 2.75) is 0 Å². The van der Waals surface area contributed by atoms with Gasteiger partial charge in [-0.05, 0) is 42.3 Å². The molecule has 0 saturated heterocycles. The molecular formula is C26H25N5O. The number of fused-ring (bicyclic) bond motifs is 1. The van der Waals surface area contributed by atoms with E-state index in [0.29, 0.717) is 35.9 Å². The first-order chi connectivity index (χ1) is 15.6. The minimum Gasteiger partial charge on any atom is -0.474 e. The van der Waals surface area contributed by atoms with Gasteiger partial charge in [0.2, 0.25) is 5.88 Å². The predicted molar refractivity (Wildman–Crippen MR) is 129 cm³/mol. The SMILES string of the molecule is CN(C)c1ccccc1C#Cc1nc2ncccc2nc1OCCN(C)c1ccccc1. The van der Waals surface area contributed by atoms with E-state index in [-0.39, 0.29) is 0 Å². The molecule has 0 amide bonds. The van der Waals surface area contributed by atoms with Gasteiger partial charge in [-0.3, -0.25) is 0 Å². The monoisotopic (exact) mass is 423 g/mol. The van der Waals surface area contributed by atoms with Crippen molar-refractivity contribution in [3.63, 3.8) is 0 Å². The minimum atomic E-state index is 0.418. The van der Waals surface area contributed by atoms with Gasteiger partial charge in [0.15, 0.2) is 11.3 Å². The second-order valence-corrected chi connectivity index (χ2v) is 7.49. The summed E-state index contributed by atoms with van der Waals surface area (Å²) >= 11 is 0. The maximum atomic E-state index is 6.05. The lowest BCUT2D eigenvalue weighted by atomic mass is 10.1. The van der Waals surface area contributed by atoms with Gasteiger partial charge in [0.1, 0.15) is 12.1 Å². The van der Waals surface area contributed by atoms with Crippen molar-refractivity contribution in [2.24, 2.45) is 0 Å². The fourth-order valence-electron chi connectivity index (χ4n) is 3.25. The van der Waals surface area contributed by atoms with E-state index in [9.17, 15) is 0 Å². The van der Waals surface area contributed by atoms with Crippen LogP contribution in [0.4, 0.5) is 11.4 Å². The summed E-state index contributed by atoms with van der Waals surface area (Å²) in [6, 6.07) is 21.9. The lowest BCUT2D eigenvalue weighted by Gasteiger charge is -2.19. The number of hydrogen-bond acceptors (Lipinski definition) is 6. The van der Waals surface area contributed by atoms with E-state index in [2.05, 4.69) is 43.8 Å². The molecule has 0 aliphatic heterocycles. The average molecular weight is 424 g/mol. The van der Waals surface area contributed by atoms with Gasteiger partial charge in [0.25, 0.3) is 0 Å². The van der Waals surface area contributed by atoms with Crippen molar-refractivity contribution in [3.8, 4) is 17.7 Å². The molecule has 0 N–H and O–H groups in total. The predicted octanol–water partition coefficient (Wildman–Crippen LogP) is 4.01. The maximum Gasteiger partial charge on any atom is 0.249 e. The van der Waals surface area contributed by atoms with Crippen LogP contribution < -0.4 is 14.5 Å². The molecule has 0 fully saturated rings. The molecule has 6 nitrogen and oxygen atoms in total. The molecule has 0 saturated carbocycles. The van der Waals surface area contributed by atoms with Crippen molar-refractivity contribution in [3.05, 3.63) is 84.2 Å². The maximum absolute atomic E-state index is 6.05. The smallest absolute Gasteiger partial charge is 0.249 e. The first-order valence-corrected chi connectivity index (χ1v) is 10.4. The van der Waals surface area contributed by atoms with Crippen molar-refractivity contribution in [1.29, 1.82) is 0 Å². The number of aromatic nitrogens is 3. The van der Waals surface area contributed by atoms with Crippen LogP contribution in [0, 0.1) is 11.8 Å². The van der Waals surface area contributed by atoms with Crippen LogP contribution in [0.25, 0.3) is 11.2 Å². The van der Waals surface area contributed by atoms with Crippen molar-refractivity contribution < 1.29 is 4.74 Å². The minimum absolute atomic E-state index is 0.418. The highest BCUT2D eigenvalue weighted by Gasteiger charge is 2.10. The van der Waals surface area contributed by atoms with E-state index in [1.54, 1.807) is 6.20 Å². The Balaban J connectivity index is 1.60. The molecule has 0 bridgehead atoms. The van der Waals surface area contributed by atoms with Crippen molar-refractivity contribution in [1.82, 2.24) is 15.0 Å². The van der Waals surface area contributed by atoms with Gasteiger partial charge in [0, 0.05) is 38.6 Å². The standard InChI is InChI=1S/C26H25N5O/c1-30(2)24-14-8-7-10-20(24)15-16-23-26(29-22-13-9-17-27-25(22)28-23)32-19-18-31(3)21-11-5-4-6-12-21/h4-14,17H,18-19H2,1-3H3. The van der Waals surface area contributed by atoms with E-state index in [4.69, 9.17) is 4.74 Å². The Morgan fingerprint density at radius 1 is 0.844 bits per heavy atom. The third kappa shape index (κ3) is 4.96. The zero-order chi connectivity index (χ0) is 22.3. The van der Waals surface area contributed by atoms with E-state index in [1.807, 2.05) is 80.6 Å². The normalized spacial score (nSPS) is 10.3. The lowest BCUT2D eigenvalue weighted by molar-refractivity contribution is 0.312. The number of rotatable bonds is 6. The molecule has 32 heavy (non-hydrogen) atoms. The Kier molecular flexibility index (Phi) is 6.47. The summed E-state index contributed by atoms with van der Waals surface area (Å²) in [6.45, 7) is 1.15. The molecule has 0 radical (unpaired) electrons. The van der Waals surface area contributed by atoms with Crippen molar-refractivity contribution in [2.75, 3.05) is 44.1 Å². The number of pyridine rings is 1. The van der Waals surface area contributed by atoms with E-state index < -0.39 is 0 Å².